The van der Waals surface area contributed by atoms with E-state index in [1.807, 2.05) is 11.0 Å². The van der Waals surface area contributed by atoms with Gasteiger partial charge in [-0.15, -0.1) is 0 Å². The van der Waals surface area contributed by atoms with E-state index in [4.69, 9.17) is 0 Å². The Bertz CT molecular complexity index is 1020. The van der Waals surface area contributed by atoms with Crippen LogP contribution in [0.5, 0.6) is 5.75 Å². The summed E-state index contributed by atoms with van der Waals surface area (Å²) in [6.45, 7) is -1.24. The quantitative estimate of drug-likeness (QED) is 0.626. The van der Waals surface area contributed by atoms with Crippen molar-refractivity contribution in [3.05, 3.63) is 58.1 Å². The first kappa shape index (κ1) is 21.6. The zero-order valence-corrected chi connectivity index (χ0v) is 17.7. The Morgan fingerprint density at radius 2 is 1.83 bits per heavy atom. The summed E-state index contributed by atoms with van der Waals surface area (Å²) in [5, 5.41) is 9.19. The molecule has 0 aliphatic carbocycles. The van der Waals surface area contributed by atoms with Crippen LogP contribution in [0.4, 0.5) is 8.78 Å². The molecule has 0 unspecified atom stereocenters. The monoisotopic (exact) mass is 485 g/mol. The van der Waals surface area contributed by atoms with Gasteiger partial charge in [0.1, 0.15) is 11.8 Å². The van der Waals surface area contributed by atoms with Crippen LogP contribution in [0.2, 0.25) is 0 Å². The summed E-state index contributed by atoms with van der Waals surface area (Å²) in [4.78, 5) is 1.97. The zero-order chi connectivity index (χ0) is 21.0. The van der Waals surface area contributed by atoms with Crippen LogP contribution in [0, 0.1) is 11.3 Å². The average Bonchev–Trinajstić information content (AvgIpc) is 2.70. The summed E-state index contributed by atoms with van der Waals surface area (Å²) in [6.07, 6.45) is 0. The van der Waals surface area contributed by atoms with Gasteiger partial charge in [0.15, 0.2) is 0 Å². The third-order valence-corrected chi connectivity index (χ3v) is 7.04. The first-order valence-corrected chi connectivity index (χ1v) is 11.0. The Hall–Kier alpha value is -2.06. The molecule has 1 fully saturated rings. The Labute approximate surface area is 176 Å². The highest BCUT2D eigenvalue weighted by atomic mass is 79.9. The summed E-state index contributed by atoms with van der Waals surface area (Å²) in [5.41, 5.74) is 0.698. The molecule has 0 amide bonds. The van der Waals surface area contributed by atoms with Crippen molar-refractivity contribution in [1.82, 2.24) is 9.21 Å². The number of benzene rings is 2. The minimum absolute atomic E-state index is 0.00411. The molecular weight excluding hydrogens is 468 g/mol. The molecule has 154 valence electrons. The van der Waals surface area contributed by atoms with Gasteiger partial charge in [-0.1, -0.05) is 28.1 Å². The molecule has 1 aliphatic heterocycles. The van der Waals surface area contributed by atoms with Crippen molar-refractivity contribution in [2.45, 2.75) is 18.1 Å². The number of rotatable bonds is 6. The first-order chi connectivity index (χ1) is 13.8. The lowest BCUT2D eigenvalue weighted by atomic mass is 10.2. The van der Waals surface area contributed by atoms with Crippen molar-refractivity contribution in [2.75, 3.05) is 26.2 Å². The van der Waals surface area contributed by atoms with Gasteiger partial charge in [0.05, 0.1) is 10.5 Å². The highest BCUT2D eigenvalue weighted by Gasteiger charge is 2.30. The minimum atomic E-state index is -3.78. The van der Waals surface area contributed by atoms with E-state index in [2.05, 4.69) is 20.7 Å². The number of hydrogen-bond donors (Lipinski definition) is 0. The number of nitrogens with zero attached hydrogens (tertiary/aromatic N) is 3. The number of halogens is 3. The fraction of sp³-hybridized carbons (Fsp3) is 0.316. The first-order valence-electron chi connectivity index (χ1n) is 8.76. The lowest BCUT2D eigenvalue weighted by Gasteiger charge is -2.34. The van der Waals surface area contributed by atoms with E-state index in [0.29, 0.717) is 25.2 Å². The van der Waals surface area contributed by atoms with Gasteiger partial charge in [-0.25, -0.2) is 8.42 Å². The maximum Gasteiger partial charge on any atom is 0.387 e. The normalized spacial score (nSPS) is 16.0. The van der Waals surface area contributed by atoms with E-state index in [9.17, 15) is 22.5 Å². The second-order valence-corrected chi connectivity index (χ2v) is 9.24. The standard InChI is InChI=1S/C19H18BrF2N3O3S/c20-16-5-6-17(28-19(21)22)15(11-16)13-24-7-9-25(10-8-24)29(26,27)18-4-2-1-3-14(18)12-23/h1-6,11,19H,7-10,13H2. The second-order valence-electron chi connectivity index (χ2n) is 6.42. The third kappa shape index (κ3) is 5.11. The molecule has 1 heterocycles. The van der Waals surface area contributed by atoms with Gasteiger partial charge in [0.2, 0.25) is 10.0 Å². The van der Waals surface area contributed by atoms with Crippen molar-refractivity contribution in [2.24, 2.45) is 0 Å². The summed E-state index contributed by atoms with van der Waals surface area (Å²) < 4.78 is 57.7. The molecule has 10 heteroatoms. The molecule has 0 saturated carbocycles. The van der Waals surface area contributed by atoms with E-state index in [0.717, 1.165) is 4.47 Å². The molecule has 3 rings (SSSR count). The molecule has 0 spiro atoms. The Morgan fingerprint density at radius 3 is 2.48 bits per heavy atom. The average molecular weight is 486 g/mol. The molecule has 1 aliphatic rings. The molecule has 29 heavy (non-hydrogen) atoms. The number of nitriles is 1. The van der Waals surface area contributed by atoms with Crippen LogP contribution in [-0.2, 0) is 16.6 Å². The van der Waals surface area contributed by atoms with Crippen LogP contribution >= 0.6 is 15.9 Å². The Morgan fingerprint density at radius 1 is 1.14 bits per heavy atom. The third-order valence-electron chi connectivity index (χ3n) is 4.59. The van der Waals surface area contributed by atoms with Gasteiger partial charge < -0.3 is 4.74 Å². The van der Waals surface area contributed by atoms with Gasteiger partial charge in [-0.3, -0.25) is 4.90 Å². The fourth-order valence-corrected chi connectivity index (χ4v) is 5.15. The summed E-state index contributed by atoms with van der Waals surface area (Å²) in [6, 6.07) is 12.8. The van der Waals surface area contributed by atoms with Crippen LogP contribution in [0.25, 0.3) is 0 Å². The highest BCUT2D eigenvalue weighted by Crippen LogP contribution is 2.27. The molecule has 0 atom stereocenters. The molecular formula is C19H18BrF2N3O3S. The molecule has 2 aromatic rings. The van der Waals surface area contributed by atoms with Gasteiger partial charge in [0, 0.05) is 42.8 Å². The van der Waals surface area contributed by atoms with Gasteiger partial charge in [0.25, 0.3) is 0 Å². The number of piperazine rings is 1. The number of hydrogen-bond acceptors (Lipinski definition) is 5. The zero-order valence-electron chi connectivity index (χ0n) is 15.3. The number of ether oxygens (including phenoxy) is 1. The predicted octanol–water partition coefficient (Wildman–Crippen LogP) is 3.43. The van der Waals surface area contributed by atoms with E-state index < -0.39 is 16.6 Å². The van der Waals surface area contributed by atoms with Gasteiger partial charge in [-0.05, 0) is 30.3 Å². The molecule has 0 aromatic heterocycles. The van der Waals surface area contributed by atoms with E-state index >= 15 is 0 Å². The van der Waals surface area contributed by atoms with Crippen molar-refractivity contribution < 1.29 is 21.9 Å². The van der Waals surface area contributed by atoms with Crippen LogP contribution in [0.15, 0.2) is 51.8 Å². The van der Waals surface area contributed by atoms with Crippen LogP contribution in [0.1, 0.15) is 11.1 Å². The second kappa shape index (κ2) is 9.17. The summed E-state index contributed by atoms with van der Waals surface area (Å²) >= 11 is 3.33. The lowest BCUT2D eigenvalue weighted by molar-refractivity contribution is -0.0508. The maximum absolute atomic E-state index is 12.9. The SMILES string of the molecule is N#Cc1ccccc1S(=O)(=O)N1CCN(Cc2cc(Br)ccc2OC(F)F)CC1. The van der Waals surface area contributed by atoms with Crippen molar-refractivity contribution in [3.8, 4) is 11.8 Å². The van der Waals surface area contributed by atoms with Crippen LogP contribution in [0.3, 0.4) is 0 Å². The van der Waals surface area contributed by atoms with Crippen LogP contribution in [-0.4, -0.2) is 50.4 Å². The highest BCUT2D eigenvalue weighted by molar-refractivity contribution is 9.10. The molecule has 6 nitrogen and oxygen atoms in total. The maximum atomic E-state index is 12.9. The molecule has 0 N–H and O–H groups in total. The Balaban J connectivity index is 1.70. The van der Waals surface area contributed by atoms with Crippen molar-refractivity contribution in [3.63, 3.8) is 0 Å². The topological polar surface area (TPSA) is 73.6 Å². The van der Waals surface area contributed by atoms with E-state index in [1.54, 1.807) is 24.3 Å². The molecule has 0 radical (unpaired) electrons. The molecule has 0 bridgehead atoms. The number of sulfonamides is 1. The van der Waals surface area contributed by atoms with Crippen molar-refractivity contribution in [1.29, 1.82) is 5.26 Å². The predicted molar refractivity (Wildman–Crippen MR) is 106 cm³/mol. The molecule has 1 saturated heterocycles. The summed E-state index contributed by atoms with van der Waals surface area (Å²) in [7, 11) is -3.78. The van der Waals surface area contributed by atoms with E-state index in [-0.39, 0.29) is 29.3 Å². The minimum Gasteiger partial charge on any atom is -0.434 e. The van der Waals surface area contributed by atoms with Gasteiger partial charge >= 0.3 is 6.61 Å². The van der Waals surface area contributed by atoms with E-state index in [1.165, 1.54) is 22.5 Å². The number of alkyl halides is 2. The fourth-order valence-electron chi connectivity index (χ4n) is 3.17. The Kier molecular flexibility index (Phi) is 6.85. The van der Waals surface area contributed by atoms with Crippen molar-refractivity contribution >= 4 is 26.0 Å². The lowest BCUT2D eigenvalue weighted by Crippen LogP contribution is -2.48. The largest absolute Gasteiger partial charge is 0.434 e. The summed E-state index contributed by atoms with van der Waals surface area (Å²) in [5.74, 6) is 0.0983. The van der Waals surface area contributed by atoms with Crippen LogP contribution < -0.4 is 4.74 Å². The smallest absolute Gasteiger partial charge is 0.387 e. The van der Waals surface area contributed by atoms with Gasteiger partial charge in [-0.2, -0.15) is 18.3 Å². The molecule has 2 aromatic carbocycles.